The SMILES string of the molecule is O=[N+]([O-])c1ncc(Br)cc1OCc1cc(F)ccc1-n1nc(Cl)cc1C(O)c1cn(CC2CC2)nn1. The minimum Gasteiger partial charge on any atom is -0.481 e. The molecule has 36 heavy (non-hydrogen) atoms. The van der Waals surface area contributed by atoms with Gasteiger partial charge in [0.05, 0.1) is 22.1 Å². The van der Waals surface area contributed by atoms with Gasteiger partial charge in [-0.05, 0) is 62.8 Å². The van der Waals surface area contributed by atoms with E-state index in [0.717, 1.165) is 19.4 Å². The molecular weight excluding hydrogens is 561 g/mol. The number of rotatable bonds is 9. The first kappa shape index (κ1) is 24.3. The zero-order valence-electron chi connectivity index (χ0n) is 18.5. The molecule has 0 spiro atoms. The maximum atomic E-state index is 14.2. The molecule has 14 heteroatoms. The minimum atomic E-state index is -1.22. The number of aliphatic hydroxyl groups excluding tert-OH is 1. The first-order valence-electron chi connectivity index (χ1n) is 10.8. The summed E-state index contributed by atoms with van der Waals surface area (Å²) >= 11 is 9.39. The molecule has 5 rings (SSSR count). The molecule has 1 fully saturated rings. The van der Waals surface area contributed by atoms with E-state index in [0.29, 0.717) is 27.3 Å². The topological polar surface area (TPSA) is 134 Å². The van der Waals surface area contributed by atoms with Crippen LogP contribution in [0, 0.1) is 21.8 Å². The third kappa shape index (κ3) is 5.22. The van der Waals surface area contributed by atoms with Crippen molar-refractivity contribution in [2.24, 2.45) is 5.92 Å². The number of hydrogen-bond donors (Lipinski definition) is 1. The van der Waals surface area contributed by atoms with Gasteiger partial charge in [0.2, 0.25) is 5.75 Å². The molecule has 1 N–H and O–H groups in total. The van der Waals surface area contributed by atoms with Crippen molar-refractivity contribution < 1.29 is 19.2 Å². The summed E-state index contributed by atoms with van der Waals surface area (Å²) in [6.07, 6.45) is 4.03. The van der Waals surface area contributed by atoms with E-state index >= 15 is 0 Å². The number of pyridine rings is 1. The Morgan fingerprint density at radius 2 is 2.14 bits per heavy atom. The number of ether oxygens (including phenoxy) is 1. The number of hydrogen-bond acceptors (Lipinski definition) is 8. The number of nitrogens with zero attached hydrogens (tertiary/aromatic N) is 7. The Morgan fingerprint density at radius 3 is 2.89 bits per heavy atom. The summed E-state index contributed by atoms with van der Waals surface area (Å²) in [7, 11) is 0. The van der Waals surface area contributed by atoms with Crippen LogP contribution in [0.3, 0.4) is 0 Å². The normalized spacial score (nSPS) is 14.1. The highest BCUT2D eigenvalue weighted by Crippen LogP contribution is 2.32. The molecule has 1 atom stereocenters. The third-order valence-electron chi connectivity index (χ3n) is 5.59. The van der Waals surface area contributed by atoms with Gasteiger partial charge in [0, 0.05) is 24.2 Å². The summed E-state index contributed by atoms with van der Waals surface area (Å²) < 4.78 is 23.4. The highest BCUT2D eigenvalue weighted by Gasteiger charge is 2.26. The first-order chi connectivity index (χ1) is 17.3. The maximum absolute atomic E-state index is 14.2. The average Bonchev–Trinajstić information content (AvgIpc) is 3.38. The Balaban J connectivity index is 1.46. The molecule has 4 aromatic rings. The lowest BCUT2D eigenvalue weighted by Crippen LogP contribution is -2.12. The number of aromatic nitrogens is 6. The van der Waals surface area contributed by atoms with Crippen molar-refractivity contribution in [1.82, 2.24) is 29.8 Å². The fourth-order valence-corrected chi connectivity index (χ4v) is 4.18. The zero-order valence-corrected chi connectivity index (χ0v) is 20.8. The van der Waals surface area contributed by atoms with Crippen molar-refractivity contribution in [2.75, 3.05) is 0 Å². The Kier molecular flexibility index (Phi) is 6.69. The third-order valence-corrected chi connectivity index (χ3v) is 6.21. The van der Waals surface area contributed by atoms with E-state index in [1.165, 1.54) is 41.2 Å². The molecule has 0 aliphatic heterocycles. The number of halogens is 3. The Morgan fingerprint density at radius 1 is 1.33 bits per heavy atom. The Labute approximate surface area is 216 Å². The van der Waals surface area contributed by atoms with Crippen LogP contribution >= 0.6 is 27.5 Å². The quantitative estimate of drug-likeness (QED) is 0.228. The van der Waals surface area contributed by atoms with Gasteiger partial charge in [-0.1, -0.05) is 16.8 Å². The van der Waals surface area contributed by atoms with Crippen LogP contribution < -0.4 is 4.74 Å². The van der Waals surface area contributed by atoms with Gasteiger partial charge in [0.1, 0.15) is 24.2 Å². The minimum absolute atomic E-state index is 0.0949. The Bertz CT molecular complexity index is 1440. The molecule has 3 heterocycles. The van der Waals surface area contributed by atoms with Crippen LogP contribution in [0.1, 0.15) is 35.9 Å². The van der Waals surface area contributed by atoms with Gasteiger partial charge in [0.25, 0.3) is 0 Å². The second-order valence-electron chi connectivity index (χ2n) is 8.31. The van der Waals surface area contributed by atoms with Crippen molar-refractivity contribution in [3.63, 3.8) is 0 Å². The van der Waals surface area contributed by atoms with Gasteiger partial charge >= 0.3 is 5.82 Å². The van der Waals surface area contributed by atoms with Crippen molar-refractivity contribution in [2.45, 2.75) is 32.1 Å². The van der Waals surface area contributed by atoms with Crippen molar-refractivity contribution in [3.8, 4) is 11.4 Å². The second-order valence-corrected chi connectivity index (χ2v) is 9.61. The first-order valence-corrected chi connectivity index (χ1v) is 12.0. The van der Waals surface area contributed by atoms with Gasteiger partial charge in [-0.2, -0.15) is 5.10 Å². The predicted molar refractivity (Wildman–Crippen MR) is 128 cm³/mol. The summed E-state index contributed by atoms with van der Waals surface area (Å²) in [5.74, 6) is -0.559. The second kappa shape index (κ2) is 9.91. The highest BCUT2D eigenvalue weighted by atomic mass is 79.9. The van der Waals surface area contributed by atoms with Crippen LogP contribution in [0.25, 0.3) is 5.69 Å². The lowest BCUT2D eigenvalue weighted by molar-refractivity contribution is -0.390. The summed E-state index contributed by atoms with van der Waals surface area (Å²) in [5.41, 5.74) is 1.24. The summed E-state index contributed by atoms with van der Waals surface area (Å²) in [5, 5.41) is 34.9. The van der Waals surface area contributed by atoms with E-state index in [9.17, 15) is 19.6 Å². The van der Waals surface area contributed by atoms with Crippen LogP contribution in [0.15, 0.2) is 47.2 Å². The van der Waals surface area contributed by atoms with Crippen molar-refractivity contribution in [1.29, 1.82) is 0 Å². The lowest BCUT2D eigenvalue weighted by atomic mass is 10.1. The van der Waals surface area contributed by atoms with E-state index in [1.54, 1.807) is 10.9 Å². The van der Waals surface area contributed by atoms with Crippen LogP contribution in [-0.4, -0.2) is 39.8 Å². The maximum Gasteiger partial charge on any atom is 0.406 e. The van der Waals surface area contributed by atoms with Crippen LogP contribution in [0.4, 0.5) is 10.2 Å². The lowest BCUT2D eigenvalue weighted by Gasteiger charge is -2.15. The molecule has 1 unspecified atom stereocenters. The molecule has 0 amide bonds. The van der Waals surface area contributed by atoms with E-state index in [4.69, 9.17) is 16.3 Å². The number of benzene rings is 1. The molecule has 1 aromatic carbocycles. The summed E-state index contributed by atoms with van der Waals surface area (Å²) in [6.45, 7) is 0.479. The molecule has 1 saturated carbocycles. The highest BCUT2D eigenvalue weighted by molar-refractivity contribution is 9.10. The molecule has 11 nitrogen and oxygen atoms in total. The van der Waals surface area contributed by atoms with Gasteiger partial charge in [-0.3, -0.25) is 4.68 Å². The molecule has 0 radical (unpaired) electrons. The van der Waals surface area contributed by atoms with Crippen LogP contribution in [0.2, 0.25) is 5.15 Å². The molecule has 1 aliphatic carbocycles. The molecular formula is C22H18BrClFN7O4. The smallest absolute Gasteiger partial charge is 0.406 e. The van der Waals surface area contributed by atoms with E-state index in [1.807, 2.05) is 0 Å². The molecule has 0 saturated heterocycles. The molecule has 1 aliphatic rings. The van der Waals surface area contributed by atoms with Crippen LogP contribution in [0.5, 0.6) is 5.75 Å². The number of nitro groups is 1. The predicted octanol–water partition coefficient (Wildman–Crippen LogP) is 4.39. The van der Waals surface area contributed by atoms with E-state index in [2.05, 4.69) is 36.3 Å². The van der Waals surface area contributed by atoms with Gasteiger partial charge in [-0.25, -0.2) is 9.07 Å². The van der Waals surface area contributed by atoms with Crippen LogP contribution in [-0.2, 0) is 13.2 Å². The fourth-order valence-electron chi connectivity index (χ4n) is 3.69. The van der Waals surface area contributed by atoms with E-state index < -0.39 is 22.7 Å². The fraction of sp³-hybridized carbons (Fsp3) is 0.273. The van der Waals surface area contributed by atoms with Crippen molar-refractivity contribution in [3.05, 3.63) is 85.2 Å². The average molecular weight is 579 g/mol. The van der Waals surface area contributed by atoms with E-state index in [-0.39, 0.29) is 23.2 Å². The monoisotopic (exact) mass is 577 g/mol. The molecule has 186 valence electrons. The largest absolute Gasteiger partial charge is 0.481 e. The van der Waals surface area contributed by atoms with Crippen molar-refractivity contribution >= 4 is 33.3 Å². The molecule has 3 aromatic heterocycles. The Hall–Kier alpha value is -3.42. The van der Waals surface area contributed by atoms with Gasteiger partial charge < -0.3 is 20.0 Å². The summed E-state index contributed by atoms with van der Waals surface area (Å²) in [6, 6.07) is 6.76. The zero-order chi connectivity index (χ0) is 25.4. The van der Waals surface area contributed by atoms with Gasteiger partial charge in [0.15, 0.2) is 11.3 Å². The number of aliphatic hydroxyl groups is 1. The standard InChI is InChI=1S/C22H18BrClFN7O4/c23-14-6-19(22(26-8-14)32(34)35)36-11-13-5-15(25)3-4-17(13)31-18(7-20(24)28-31)21(33)16-10-30(29-27-16)9-12-1-2-12/h3-8,10,12,21,33H,1-2,9,11H2. The molecule has 0 bridgehead atoms. The van der Waals surface area contributed by atoms with Gasteiger partial charge in [-0.15, -0.1) is 5.10 Å². The summed E-state index contributed by atoms with van der Waals surface area (Å²) in [4.78, 5) is 14.4.